The van der Waals surface area contributed by atoms with Gasteiger partial charge < -0.3 is 0 Å². The molecule has 1 unspecified atom stereocenters. The van der Waals surface area contributed by atoms with Gasteiger partial charge in [0.15, 0.2) is 5.72 Å². The Morgan fingerprint density at radius 2 is 2.29 bits per heavy atom. The monoisotopic (exact) mass is 101 g/mol. The predicted molar refractivity (Wildman–Crippen MR) is 27.5 cm³/mol. The van der Waals surface area contributed by atoms with Crippen molar-refractivity contribution >= 4 is 0 Å². The Bertz CT molecular complexity index is 68.5. The summed E-state index contributed by atoms with van der Waals surface area (Å²) in [5.74, 6) is 0. The van der Waals surface area contributed by atoms with Crippen LogP contribution in [0, 0.1) is 0 Å². The van der Waals surface area contributed by atoms with Gasteiger partial charge in [0, 0.05) is 0 Å². The topological polar surface area (TPSA) is 34.5 Å². The van der Waals surface area contributed by atoms with E-state index in [4.69, 9.17) is 4.84 Å². The molecule has 2 heteroatoms. The molecule has 0 spiro atoms. The second-order valence-corrected chi connectivity index (χ2v) is 2.18. The van der Waals surface area contributed by atoms with E-state index in [0.29, 0.717) is 0 Å². The molecule has 1 N–H and O–H groups in total. The Balaban J connectivity index is 2.13. The molecule has 0 aromatic heterocycles. The number of hydrogen-bond donors (Lipinski definition) is 1. The maximum atomic E-state index is 4.89. The minimum Gasteiger partial charge on any atom is -0.275 e. The van der Waals surface area contributed by atoms with E-state index in [2.05, 4.69) is 19.3 Å². The molecule has 0 saturated carbocycles. The average molecular weight is 101 g/mol. The number of hydroxylamine groups is 1. The molecule has 1 atom stereocenters. The standard InChI is InChI=1S/C5H11NO/c1-3-4-5(2)6-7-5/h6H,3-4H2,1-2H3. The van der Waals surface area contributed by atoms with E-state index in [-0.39, 0.29) is 5.72 Å². The minimum absolute atomic E-state index is 0.0503. The minimum atomic E-state index is 0.0503. The van der Waals surface area contributed by atoms with Gasteiger partial charge in [-0.05, 0) is 13.3 Å². The van der Waals surface area contributed by atoms with E-state index < -0.39 is 0 Å². The van der Waals surface area contributed by atoms with E-state index >= 15 is 0 Å². The van der Waals surface area contributed by atoms with E-state index in [1.54, 1.807) is 0 Å². The molecule has 0 aliphatic carbocycles. The lowest BCUT2D eigenvalue weighted by molar-refractivity contribution is 0.294. The third kappa shape index (κ3) is 1.14. The zero-order chi connectivity index (χ0) is 5.33. The van der Waals surface area contributed by atoms with Gasteiger partial charge in [0.2, 0.25) is 0 Å². The fraction of sp³-hybridized carbons (Fsp3) is 1.00. The third-order valence-corrected chi connectivity index (χ3v) is 1.18. The first-order valence-corrected chi connectivity index (χ1v) is 2.72. The van der Waals surface area contributed by atoms with Crippen LogP contribution in [0.4, 0.5) is 0 Å². The van der Waals surface area contributed by atoms with Crippen molar-refractivity contribution in [2.45, 2.75) is 32.4 Å². The van der Waals surface area contributed by atoms with Crippen LogP contribution in [-0.2, 0) is 4.84 Å². The molecule has 1 aliphatic heterocycles. The van der Waals surface area contributed by atoms with Gasteiger partial charge in [-0.1, -0.05) is 13.3 Å². The molecule has 1 aliphatic rings. The molecule has 2 nitrogen and oxygen atoms in total. The van der Waals surface area contributed by atoms with Crippen molar-refractivity contribution in [2.24, 2.45) is 0 Å². The number of rotatable bonds is 2. The molecule has 0 aromatic carbocycles. The molecule has 1 heterocycles. The smallest absolute Gasteiger partial charge is 0.159 e. The second kappa shape index (κ2) is 1.46. The molecule has 7 heavy (non-hydrogen) atoms. The van der Waals surface area contributed by atoms with Crippen LogP contribution >= 0.6 is 0 Å². The first-order valence-electron chi connectivity index (χ1n) is 2.72. The first-order chi connectivity index (χ1) is 3.27. The van der Waals surface area contributed by atoms with Crippen molar-refractivity contribution in [1.82, 2.24) is 5.48 Å². The average Bonchev–Trinajstić information content (AvgIpc) is 2.22. The van der Waals surface area contributed by atoms with E-state index in [0.717, 1.165) is 6.42 Å². The van der Waals surface area contributed by atoms with E-state index in [9.17, 15) is 0 Å². The van der Waals surface area contributed by atoms with Crippen molar-refractivity contribution in [1.29, 1.82) is 0 Å². The van der Waals surface area contributed by atoms with Crippen LogP contribution in [0.1, 0.15) is 26.7 Å². The summed E-state index contributed by atoms with van der Waals surface area (Å²) < 4.78 is 0. The van der Waals surface area contributed by atoms with Gasteiger partial charge in [-0.3, -0.25) is 4.84 Å². The zero-order valence-corrected chi connectivity index (χ0v) is 4.82. The molecule has 42 valence electrons. The van der Waals surface area contributed by atoms with Crippen molar-refractivity contribution < 1.29 is 4.84 Å². The van der Waals surface area contributed by atoms with Gasteiger partial charge in [0.25, 0.3) is 0 Å². The Hall–Kier alpha value is -0.0800. The fourth-order valence-corrected chi connectivity index (χ4v) is 0.666. The molecule has 0 amide bonds. The summed E-state index contributed by atoms with van der Waals surface area (Å²) in [5.41, 5.74) is 2.86. The molecule has 0 bridgehead atoms. The first kappa shape index (κ1) is 5.06. The van der Waals surface area contributed by atoms with Crippen LogP contribution in [0.5, 0.6) is 0 Å². The molecule has 1 saturated heterocycles. The van der Waals surface area contributed by atoms with Gasteiger partial charge >= 0.3 is 0 Å². The number of nitrogens with one attached hydrogen (secondary N) is 1. The molecule has 0 aromatic rings. The van der Waals surface area contributed by atoms with Crippen LogP contribution in [0.15, 0.2) is 0 Å². The summed E-state index contributed by atoms with van der Waals surface area (Å²) in [4.78, 5) is 4.89. The highest BCUT2D eigenvalue weighted by Crippen LogP contribution is 2.23. The molecule has 1 fully saturated rings. The van der Waals surface area contributed by atoms with Gasteiger partial charge in [-0.2, -0.15) is 5.48 Å². The summed E-state index contributed by atoms with van der Waals surface area (Å²) >= 11 is 0. The summed E-state index contributed by atoms with van der Waals surface area (Å²) in [6.07, 6.45) is 2.30. The molecular formula is C5H11NO. The lowest BCUT2D eigenvalue weighted by Gasteiger charge is -1.94. The Morgan fingerprint density at radius 3 is 2.43 bits per heavy atom. The highest BCUT2D eigenvalue weighted by Gasteiger charge is 2.37. The van der Waals surface area contributed by atoms with Crippen molar-refractivity contribution in [2.75, 3.05) is 0 Å². The summed E-state index contributed by atoms with van der Waals surface area (Å²) in [7, 11) is 0. The Morgan fingerprint density at radius 1 is 1.71 bits per heavy atom. The zero-order valence-electron chi connectivity index (χ0n) is 4.82. The van der Waals surface area contributed by atoms with E-state index in [1.807, 2.05) is 0 Å². The predicted octanol–water partition coefficient (Wildman–Crippen LogP) is 1.04. The van der Waals surface area contributed by atoms with Crippen LogP contribution in [0.25, 0.3) is 0 Å². The summed E-state index contributed by atoms with van der Waals surface area (Å²) in [6, 6.07) is 0. The summed E-state index contributed by atoms with van der Waals surface area (Å²) in [6.45, 7) is 4.20. The molecular weight excluding hydrogens is 90.1 g/mol. The second-order valence-electron chi connectivity index (χ2n) is 2.18. The van der Waals surface area contributed by atoms with Crippen LogP contribution in [-0.4, -0.2) is 5.72 Å². The largest absolute Gasteiger partial charge is 0.275 e. The van der Waals surface area contributed by atoms with Crippen molar-refractivity contribution in [3.8, 4) is 0 Å². The number of hydrogen-bond acceptors (Lipinski definition) is 2. The van der Waals surface area contributed by atoms with Gasteiger partial charge in [-0.15, -0.1) is 0 Å². The van der Waals surface area contributed by atoms with Crippen LogP contribution in [0.3, 0.4) is 0 Å². The fourth-order valence-electron chi connectivity index (χ4n) is 0.666. The van der Waals surface area contributed by atoms with Gasteiger partial charge in [0.1, 0.15) is 0 Å². The lowest BCUT2D eigenvalue weighted by atomic mass is 10.2. The van der Waals surface area contributed by atoms with Gasteiger partial charge in [-0.25, -0.2) is 0 Å². The van der Waals surface area contributed by atoms with Crippen LogP contribution < -0.4 is 5.48 Å². The Labute approximate surface area is 43.8 Å². The molecule has 0 radical (unpaired) electrons. The Kier molecular flexibility index (Phi) is 1.05. The van der Waals surface area contributed by atoms with Crippen LogP contribution in [0.2, 0.25) is 0 Å². The normalized spacial score (nSPS) is 38.6. The van der Waals surface area contributed by atoms with E-state index in [1.165, 1.54) is 6.42 Å². The van der Waals surface area contributed by atoms with Gasteiger partial charge in [0.05, 0.1) is 0 Å². The molecule has 1 rings (SSSR count). The quantitative estimate of drug-likeness (QED) is 0.527. The third-order valence-electron chi connectivity index (χ3n) is 1.18. The SMILES string of the molecule is CCCC1(C)NO1. The highest BCUT2D eigenvalue weighted by atomic mass is 16.8. The lowest BCUT2D eigenvalue weighted by Crippen LogP contribution is -2.06. The van der Waals surface area contributed by atoms with Crippen molar-refractivity contribution in [3.05, 3.63) is 0 Å². The maximum Gasteiger partial charge on any atom is 0.159 e. The highest BCUT2D eigenvalue weighted by molar-refractivity contribution is 4.75. The van der Waals surface area contributed by atoms with Crippen molar-refractivity contribution in [3.63, 3.8) is 0 Å². The maximum absolute atomic E-state index is 4.89. The summed E-state index contributed by atoms with van der Waals surface area (Å²) in [5, 5.41) is 0.